The van der Waals surface area contributed by atoms with Gasteiger partial charge in [0.2, 0.25) is 15.9 Å². The molecule has 2 N–H and O–H groups in total. The number of nitriles is 1. The van der Waals surface area contributed by atoms with Crippen LogP contribution in [0.5, 0.6) is 5.75 Å². The number of hydrogen-bond donors (Lipinski definition) is 2. The quantitative estimate of drug-likeness (QED) is 0.183. The molecule has 0 radical (unpaired) electrons. The molecule has 0 spiro atoms. The number of sulfonamides is 1. The second-order valence-electron chi connectivity index (χ2n) is 12.0. The molecule has 4 aromatic carbocycles. The number of aryl methyl sites for hydroxylation is 1. The lowest BCUT2D eigenvalue weighted by molar-refractivity contribution is -0.119. The molecular weight excluding hydrogens is 614 g/mol. The van der Waals surface area contributed by atoms with Crippen LogP contribution in [0, 0.1) is 18.3 Å². The number of aromatic carboxylic acids is 1. The Hall–Kier alpha value is -4.98. The van der Waals surface area contributed by atoms with Gasteiger partial charge >= 0.3 is 5.97 Å². The van der Waals surface area contributed by atoms with Crippen molar-refractivity contribution in [3.05, 3.63) is 124 Å². The van der Waals surface area contributed by atoms with Gasteiger partial charge in [0.15, 0.2) is 0 Å². The first-order valence-corrected chi connectivity index (χ1v) is 17.0. The summed E-state index contributed by atoms with van der Waals surface area (Å²) < 4.78 is 29.1. The van der Waals surface area contributed by atoms with Gasteiger partial charge in [-0.05, 0) is 78.8 Å². The number of carboxylic acids is 1. The maximum absolute atomic E-state index is 14.2. The number of anilines is 1. The molecule has 0 aromatic heterocycles. The van der Waals surface area contributed by atoms with E-state index < -0.39 is 34.2 Å². The minimum atomic E-state index is -4.17. The van der Waals surface area contributed by atoms with Gasteiger partial charge < -0.3 is 15.1 Å². The molecule has 0 atom stereocenters. The van der Waals surface area contributed by atoms with E-state index in [1.165, 1.54) is 60.1 Å². The topological polar surface area (TPSA) is 139 Å². The second-order valence-corrected chi connectivity index (χ2v) is 13.9. The first kappa shape index (κ1) is 33.4. The average Bonchev–Trinajstić information content (AvgIpc) is 3.07. The number of carboxylic acid groups (broad SMARTS) is 1. The number of amides is 1. The van der Waals surface area contributed by atoms with E-state index in [1.807, 2.05) is 25.1 Å². The summed E-state index contributed by atoms with van der Waals surface area (Å²) in [5.74, 6) is -1.91. The summed E-state index contributed by atoms with van der Waals surface area (Å²) in [5, 5.41) is 29.2. The fourth-order valence-electron chi connectivity index (χ4n) is 5.92. The fraction of sp³-hybridized carbons (Fsp3) is 0.270. The summed E-state index contributed by atoms with van der Waals surface area (Å²) in [6, 6.07) is 26.8. The van der Waals surface area contributed by atoms with Crippen molar-refractivity contribution in [3.63, 3.8) is 0 Å². The molecule has 0 unspecified atom stereocenters. The zero-order chi connectivity index (χ0) is 33.6. The highest BCUT2D eigenvalue weighted by Gasteiger charge is 2.30. The standard InChI is InChI=1S/C37H37N3O6S/c1-26-7-18-33(19-8-26)47(45,46)39(23-28-11-9-27(22-38)10-12-28)25-36(42)40(32-17-20-34(37(43)44)35(41)21-32)24-29-13-15-31(16-14-29)30-5-3-2-4-6-30/h7-21,30,41H,2-6,23-25H2,1H3,(H,43,44). The van der Waals surface area contributed by atoms with E-state index in [2.05, 4.69) is 12.1 Å². The molecule has 10 heteroatoms. The predicted octanol–water partition coefficient (Wildman–Crippen LogP) is 6.74. The molecule has 0 saturated heterocycles. The van der Waals surface area contributed by atoms with Crippen LogP contribution >= 0.6 is 0 Å². The smallest absolute Gasteiger partial charge is 0.339 e. The first-order valence-electron chi connectivity index (χ1n) is 15.6. The van der Waals surface area contributed by atoms with Gasteiger partial charge in [0.1, 0.15) is 11.3 Å². The van der Waals surface area contributed by atoms with Crippen molar-refractivity contribution in [2.24, 2.45) is 0 Å². The van der Waals surface area contributed by atoms with Crippen LogP contribution < -0.4 is 4.90 Å². The molecule has 1 aliphatic rings. The van der Waals surface area contributed by atoms with Crippen LogP contribution in [0.2, 0.25) is 0 Å². The highest BCUT2D eigenvalue weighted by Crippen LogP contribution is 2.33. The van der Waals surface area contributed by atoms with Crippen molar-refractivity contribution in [2.45, 2.75) is 62.9 Å². The third-order valence-corrected chi connectivity index (χ3v) is 10.4. The summed E-state index contributed by atoms with van der Waals surface area (Å²) in [7, 11) is -4.17. The Labute approximate surface area is 275 Å². The third kappa shape index (κ3) is 8.06. The second kappa shape index (κ2) is 14.6. The Balaban J connectivity index is 1.49. The van der Waals surface area contributed by atoms with E-state index in [4.69, 9.17) is 0 Å². The molecule has 1 amide bonds. The van der Waals surface area contributed by atoms with E-state index >= 15 is 0 Å². The van der Waals surface area contributed by atoms with Crippen LogP contribution in [-0.4, -0.2) is 41.4 Å². The zero-order valence-electron chi connectivity index (χ0n) is 26.2. The summed E-state index contributed by atoms with van der Waals surface area (Å²) in [5.41, 5.74) is 3.82. The van der Waals surface area contributed by atoms with E-state index in [9.17, 15) is 33.5 Å². The molecule has 9 nitrogen and oxygen atoms in total. The van der Waals surface area contributed by atoms with Crippen LogP contribution in [0.15, 0.2) is 95.9 Å². The molecule has 1 aliphatic carbocycles. The van der Waals surface area contributed by atoms with Crippen LogP contribution in [0.3, 0.4) is 0 Å². The summed E-state index contributed by atoms with van der Waals surface area (Å²) in [4.78, 5) is 27.2. The van der Waals surface area contributed by atoms with E-state index in [0.29, 0.717) is 17.0 Å². The Morgan fingerprint density at radius 2 is 1.47 bits per heavy atom. The average molecular weight is 652 g/mol. The van der Waals surface area contributed by atoms with Crippen molar-refractivity contribution in [1.82, 2.24) is 4.31 Å². The molecule has 1 saturated carbocycles. The van der Waals surface area contributed by atoms with E-state index in [1.54, 1.807) is 36.4 Å². The van der Waals surface area contributed by atoms with Crippen LogP contribution in [-0.2, 0) is 27.9 Å². The highest BCUT2D eigenvalue weighted by molar-refractivity contribution is 7.89. The van der Waals surface area contributed by atoms with E-state index in [0.717, 1.165) is 28.3 Å². The van der Waals surface area contributed by atoms with Gasteiger partial charge in [0.05, 0.1) is 29.6 Å². The number of aromatic hydroxyl groups is 1. The lowest BCUT2D eigenvalue weighted by Crippen LogP contribution is -2.42. The summed E-state index contributed by atoms with van der Waals surface area (Å²) in [6.45, 7) is 1.22. The number of rotatable bonds is 11. The molecule has 5 rings (SSSR count). The van der Waals surface area contributed by atoms with Crippen LogP contribution in [0.1, 0.15) is 76.2 Å². The lowest BCUT2D eigenvalue weighted by Gasteiger charge is -2.28. The highest BCUT2D eigenvalue weighted by atomic mass is 32.2. The number of carbonyl (C=O) groups excluding carboxylic acids is 1. The largest absolute Gasteiger partial charge is 0.507 e. The Morgan fingerprint density at radius 3 is 2.06 bits per heavy atom. The molecule has 4 aromatic rings. The third-order valence-electron chi connectivity index (χ3n) is 8.63. The van der Waals surface area contributed by atoms with Crippen LogP contribution in [0.25, 0.3) is 0 Å². The monoisotopic (exact) mass is 651 g/mol. The minimum Gasteiger partial charge on any atom is -0.507 e. The molecule has 1 fully saturated rings. The fourth-order valence-corrected chi connectivity index (χ4v) is 7.29. The lowest BCUT2D eigenvalue weighted by atomic mass is 9.84. The number of phenols is 1. The van der Waals surface area contributed by atoms with Crippen molar-refractivity contribution in [2.75, 3.05) is 11.4 Å². The normalized spacial score (nSPS) is 13.6. The summed E-state index contributed by atoms with van der Waals surface area (Å²) >= 11 is 0. The number of nitrogens with zero attached hydrogens (tertiary/aromatic N) is 3. The number of carbonyl (C=O) groups is 2. The zero-order valence-corrected chi connectivity index (χ0v) is 27.0. The Bertz CT molecular complexity index is 1880. The van der Waals surface area contributed by atoms with Crippen LogP contribution in [0.4, 0.5) is 5.69 Å². The molecule has 242 valence electrons. The first-order chi connectivity index (χ1) is 22.5. The Morgan fingerprint density at radius 1 is 0.851 bits per heavy atom. The molecule has 0 heterocycles. The van der Waals surface area contributed by atoms with Gasteiger partial charge in [-0.1, -0.05) is 73.4 Å². The van der Waals surface area contributed by atoms with Gasteiger partial charge in [-0.3, -0.25) is 4.79 Å². The number of hydrogen-bond acceptors (Lipinski definition) is 6. The summed E-state index contributed by atoms with van der Waals surface area (Å²) in [6.07, 6.45) is 5.94. The van der Waals surface area contributed by atoms with Gasteiger partial charge in [-0.25, -0.2) is 13.2 Å². The van der Waals surface area contributed by atoms with Crippen molar-refractivity contribution in [3.8, 4) is 11.8 Å². The predicted molar refractivity (Wildman–Crippen MR) is 178 cm³/mol. The molecule has 47 heavy (non-hydrogen) atoms. The maximum atomic E-state index is 14.2. The molecular formula is C37H37N3O6S. The van der Waals surface area contributed by atoms with Crippen molar-refractivity contribution in [1.29, 1.82) is 5.26 Å². The molecule has 0 bridgehead atoms. The molecule has 0 aliphatic heterocycles. The minimum absolute atomic E-state index is 0.0258. The van der Waals surface area contributed by atoms with E-state index in [-0.39, 0.29) is 29.2 Å². The van der Waals surface area contributed by atoms with Crippen molar-refractivity contribution >= 4 is 27.6 Å². The number of benzene rings is 4. The maximum Gasteiger partial charge on any atom is 0.339 e. The van der Waals surface area contributed by atoms with Gasteiger partial charge in [-0.15, -0.1) is 0 Å². The van der Waals surface area contributed by atoms with Crippen molar-refractivity contribution < 1.29 is 28.2 Å². The Kier molecular flexibility index (Phi) is 10.4. The van der Waals surface area contributed by atoms with Gasteiger partial charge in [-0.2, -0.15) is 9.57 Å². The van der Waals surface area contributed by atoms with Gasteiger partial charge in [0.25, 0.3) is 0 Å². The SMILES string of the molecule is Cc1ccc(S(=O)(=O)N(CC(=O)N(Cc2ccc(C3CCCCC3)cc2)c2ccc(C(=O)O)c(O)c2)Cc2ccc(C#N)cc2)cc1. The van der Waals surface area contributed by atoms with Gasteiger partial charge in [0, 0.05) is 18.3 Å².